The summed E-state index contributed by atoms with van der Waals surface area (Å²) in [6, 6.07) is 22.0. The predicted molar refractivity (Wildman–Crippen MR) is 108 cm³/mol. The number of hydrogen-bond acceptors (Lipinski definition) is 1. The number of rotatable bonds is 5. The van der Waals surface area contributed by atoms with Crippen molar-refractivity contribution in [2.75, 3.05) is 5.32 Å². The van der Waals surface area contributed by atoms with E-state index in [9.17, 15) is 9.18 Å². The Morgan fingerprint density at radius 1 is 1.04 bits per heavy atom. The zero-order valence-electron chi connectivity index (χ0n) is 14.4. The van der Waals surface area contributed by atoms with Crippen molar-refractivity contribution in [3.8, 4) is 11.1 Å². The number of nitrogens with one attached hydrogen (secondary N) is 1. The number of carbonyl (C=O) groups excluding carboxylic acids is 1. The van der Waals surface area contributed by atoms with E-state index in [2.05, 4.69) is 21.2 Å². The van der Waals surface area contributed by atoms with Crippen molar-refractivity contribution in [3.63, 3.8) is 0 Å². The average Bonchev–Trinajstić information content (AvgIpc) is 2.68. The molecule has 1 atom stereocenters. The first-order chi connectivity index (χ1) is 12.6. The van der Waals surface area contributed by atoms with Gasteiger partial charge >= 0.3 is 0 Å². The molecule has 0 aliphatic rings. The van der Waals surface area contributed by atoms with Gasteiger partial charge in [-0.15, -0.1) is 0 Å². The molecule has 0 heterocycles. The monoisotopic (exact) mass is 411 g/mol. The summed E-state index contributed by atoms with van der Waals surface area (Å²) in [7, 11) is 0. The number of hydrogen-bond donors (Lipinski definition) is 1. The minimum absolute atomic E-state index is 0.162. The van der Waals surface area contributed by atoms with E-state index in [1.165, 1.54) is 6.07 Å². The maximum Gasteiger partial charge on any atom is 0.231 e. The van der Waals surface area contributed by atoms with Crippen LogP contribution in [0.5, 0.6) is 0 Å². The van der Waals surface area contributed by atoms with Crippen LogP contribution in [0.2, 0.25) is 0 Å². The lowest BCUT2D eigenvalue weighted by molar-refractivity contribution is -0.117. The number of anilines is 1. The highest BCUT2D eigenvalue weighted by Gasteiger charge is 2.18. The summed E-state index contributed by atoms with van der Waals surface area (Å²) >= 11 is 3.42. The Bertz CT molecular complexity index is 911. The zero-order chi connectivity index (χ0) is 18.5. The van der Waals surface area contributed by atoms with E-state index >= 15 is 0 Å². The largest absolute Gasteiger partial charge is 0.325 e. The van der Waals surface area contributed by atoms with E-state index < -0.39 is 5.92 Å². The lowest BCUT2D eigenvalue weighted by atomic mass is 9.96. The second-order valence-electron chi connectivity index (χ2n) is 6.11. The maximum atomic E-state index is 14.6. The Morgan fingerprint density at radius 3 is 2.42 bits per heavy atom. The molecule has 0 fully saturated rings. The molecule has 3 rings (SSSR count). The molecule has 0 saturated heterocycles. The van der Waals surface area contributed by atoms with Crippen molar-refractivity contribution >= 4 is 27.5 Å². The van der Waals surface area contributed by atoms with Gasteiger partial charge < -0.3 is 5.32 Å². The lowest BCUT2D eigenvalue weighted by Gasteiger charge is -2.15. The molecule has 1 amide bonds. The molecule has 2 nitrogen and oxygen atoms in total. The van der Waals surface area contributed by atoms with Gasteiger partial charge in [-0.3, -0.25) is 4.79 Å². The number of halogens is 2. The summed E-state index contributed by atoms with van der Waals surface area (Å²) in [5.74, 6) is -0.947. The molecule has 0 bridgehead atoms. The van der Waals surface area contributed by atoms with Gasteiger partial charge in [-0.25, -0.2) is 4.39 Å². The van der Waals surface area contributed by atoms with Crippen LogP contribution in [0.4, 0.5) is 10.1 Å². The van der Waals surface area contributed by atoms with Crippen LogP contribution >= 0.6 is 15.9 Å². The molecule has 0 aliphatic carbocycles. The summed E-state index contributed by atoms with van der Waals surface area (Å²) < 4.78 is 14.6. The second kappa shape index (κ2) is 8.28. The quantitative estimate of drug-likeness (QED) is 0.502. The SMILES string of the molecule is CC(C(=O)Nc1ccccc1CBr)c1ccc(-c2ccccc2)c(F)c1. The van der Waals surface area contributed by atoms with Crippen LogP contribution in [0.3, 0.4) is 0 Å². The van der Waals surface area contributed by atoms with E-state index in [1.54, 1.807) is 13.0 Å². The molecule has 3 aromatic rings. The van der Waals surface area contributed by atoms with Gasteiger partial charge in [0.1, 0.15) is 5.82 Å². The van der Waals surface area contributed by atoms with Crippen LogP contribution in [0.15, 0.2) is 72.8 Å². The highest BCUT2D eigenvalue weighted by molar-refractivity contribution is 9.08. The second-order valence-corrected chi connectivity index (χ2v) is 6.67. The minimum atomic E-state index is -0.460. The fourth-order valence-electron chi connectivity index (χ4n) is 2.80. The van der Waals surface area contributed by atoms with Crippen LogP contribution in [0.25, 0.3) is 11.1 Å². The van der Waals surface area contributed by atoms with Gasteiger partial charge in [0.2, 0.25) is 5.91 Å². The number of para-hydroxylation sites is 1. The summed E-state index contributed by atoms with van der Waals surface area (Å²) in [5, 5.41) is 3.59. The fourth-order valence-corrected chi connectivity index (χ4v) is 3.29. The molecule has 3 aromatic carbocycles. The van der Waals surface area contributed by atoms with E-state index in [0.29, 0.717) is 16.5 Å². The van der Waals surface area contributed by atoms with Gasteiger partial charge in [0.25, 0.3) is 0 Å². The van der Waals surface area contributed by atoms with Gasteiger partial charge in [-0.05, 0) is 35.7 Å². The van der Waals surface area contributed by atoms with Crippen molar-refractivity contribution in [2.45, 2.75) is 18.2 Å². The first kappa shape index (κ1) is 18.3. The maximum absolute atomic E-state index is 14.6. The van der Waals surface area contributed by atoms with Crippen molar-refractivity contribution in [1.82, 2.24) is 0 Å². The van der Waals surface area contributed by atoms with Crippen molar-refractivity contribution in [2.24, 2.45) is 0 Å². The van der Waals surface area contributed by atoms with Crippen molar-refractivity contribution in [1.29, 1.82) is 0 Å². The highest BCUT2D eigenvalue weighted by atomic mass is 79.9. The Morgan fingerprint density at radius 2 is 1.73 bits per heavy atom. The normalized spacial score (nSPS) is 11.8. The molecule has 1 unspecified atom stereocenters. The third-order valence-corrected chi connectivity index (χ3v) is 4.99. The first-order valence-corrected chi connectivity index (χ1v) is 9.52. The van der Waals surface area contributed by atoms with Gasteiger partial charge in [0, 0.05) is 16.6 Å². The minimum Gasteiger partial charge on any atom is -0.325 e. The topological polar surface area (TPSA) is 29.1 Å². The Labute approximate surface area is 161 Å². The van der Waals surface area contributed by atoms with Crippen LogP contribution in [0, 0.1) is 5.82 Å². The average molecular weight is 412 g/mol. The van der Waals surface area contributed by atoms with Gasteiger partial charge in [0.05, 0.1) is 5.92 Å². The molecule has 4 heteroatoms. The van der Waals surface area contributed by atoms with E-state index in [0.717, 1.165) is 16.8 Å². The Balaban J connectivity index is 1.80. The number of alkyl halides is 1. The van der Waals surface area contributed by atoms with Gasteiger partial charge in [-0.2, -0.15) is 0 Å². The predicted octanol–water partition coefficient (Wildman–Crippen LogP) is 6.13. The summed E-state index contributed by atoms with van der Waals surface area (Å²) in [6.07, 6.45) is 0. The van der Waals surface area contributed by atoms with Crippen LogP contribution in [-0.4, -0.2) is 5.91 Å². The van der Waals surface area contributed by atoms with E-state index in [-0.39, 0.29) is 11.7 Å². The third-order valence-electron chi connectivity index (χ3n) is 4.39. The van der Waals surface area contributed by atoms with E-state index in [4.69, 9.17) is 0 Å². The first-order valence-electron chi connectivity index (χ1n) is 8.39. The molecule has 0 radical (unpaired) electrons. The molecule has 26 heavy (non-hydrogen) atoms. The molecule has 132 valence electrons. The van der Waals surface area contributed by atoms with E-state index in [1.807, 2.05) is 60.7 Å². The van der Waals surface area contributed by atoms with Crippen molar-refractivity contribution < 1.29 is 9.18 Å². The highest BCUT2D eigenvalue weighted by Crippen LogP contribution is 2.27. The van der Waals surface area contributed by atoms with Crippen LogP contribution < -0.4 is 5.32 Å². The molecular weight excluding hydrogens is 393 g/mol. The van der Waals surface area contributed by atoms with Crippen LogP contribution in [0.1, 0.15) is 24.0 Å². The molecule has 0 saturated carbocycles. The summed E-state index contributed by atoms with van der Waals surface area (Å²) in [6.45, 7) is 1.78. The number of amides is 1. The number of benzene rings is 3. The number of carbonyl (C=O) groups is 1. The summed E-state index contributed by atoms with van der Waals surface area (Å²) in [5.41, 5.74) is 3.77. The molecule has 0 aliphatic heterocycles. The van der Waals surface area contributed by atoms with Crippen molar-refractivity contribution in [3.05, 3.63) is 89.7 Å². The Hall–Kier alpha value is -2.46. The molecule has 1 N–H and O–H groups in total. The Kier molecular flexibility index (Phi) is 5.84. The molecule has 0 aromatic heterocycles. The van der Waals surface area contributed by atoms with Crippen LogP contribution in [-0.2, 0) is 10.1 Å². The standard InChI is InChI=1S/C22H19BrFNO/c1-15(22(26)25-21-10-6-5-9-18(21)14-23)17-11-12-19(20(24)13-17)16-7-3-2-4-8-16/h2-13,15H,14H2,1H3,(H,25,26). The summed E-state index contributed by atoms with van der Waals surface area (Å²) in [4.78, 5) is 12.6. The van der Waals surface area contributed by atoms with Gasteiger partial charge in [0.15, 0.2) is 0 Å². The molecular formula is C22H19BrFNO. The fraction of sp³-hybridized carbons (Fsp3) is 0.136. The third kappa shape index (κ3) is 4.02. The smallest absolute Gasteiger partial charge is 0.231 e. The molecule has 0 spiro atoms. The van der Waals surface area contributed by atoms with Gasteiger partial charge in [-0.1, -0.05) is 76.6 Å². The zero-order valence-corrected chi connectivity index (χ0v) is 16.0. The lowest BCUT2D eigenvalue weighted by Crippen LogP contribution is -2.19.